The summed E-state index contributed by atoms with van der Waals surface area (Å²) < 4.78 is 10.9. The van der Waals surface area contributed by atoms with Crippen molar-refractivity contribution < 1.29 is 28.8 Å². The minimum atomic E-state index is -0.977. The number of ether oxygens (including phenoxy) is 2. The van der Waals surface area contributed by atoms with Crippen LogP contribution in [0.25, 0.3) is 0 Å². The average molecular weight is 583 g/mol. The lowest BCUT2D eigenvalue weighted by molar-refractivity contribution is -0.384. The first kappa shape index (κ1) is 31.6. The van der Waals surface area contributed by atoms with E-state index in [4.69, 9.17) is 32.7 Å². The van der Waals surface area contributed by atoms with Gasteiger partial charge in [0.1, 0.15) is 24.0 Å². The van der Waals surface area contributed by atoms with Gasteiger partial charge in [-0.15, -0.1) is 0 Å². The molecule has 0 aliphatic heterocycles. The van der Waals surface area contributed by atoms with Crippen molar-refractivity contribution in [2.45, 2.75) is 52.7 Å². The minimum Gasteiger partial charge on any atom is -0.491 e. The number of carbonyl (C=O) groups excluding carboxylic acids is 3. The van der Waals surface area contributed by atoms with E-state index in [2.05, 4.69) is 16.0 Å². The first-order valence-corrected chi connectivity index (χ1v) is 12.9. The van der Waals surface area contributed by atoms with Gasteiger partial charge in [0.15, 0.2) is 0 Å². The van der Waals surface area contributed by atoms with Crippen molar-refractivity contribution in [3.05, 3.63) is 62.1 Å². The molecule has 0 fully saturated rings. The monoisotopic (exact) mass is 582 g/mol. The Labute approximate surface area is 236 Å². The number of nitrogens with zero attached hydrogens (tertiary/aromatic N) is 1. The van der Waals surface area contributed by atoms with Gasteiger partial charge in [0.2, 0.25) is 5.91 Å². The number of hydrogen-bond donors (Lipinski definition) is 3. The van der Waals surface area contributed by atoms with E-state index >= 15 is 0 Å². The van der Waals surface area contributed by atoms with Crippen molar-refractivity contribution in [1.29, 1.82) is 0 Å². The van der Waals surface area contributed by atoms with Crippen LogP contribution in [0, 0.1) is 16.0 Å². The summed E-state index contributed by atoms with van der Waals surface area (Å²) in [6.45, 7) is 9.04. The van der Waals surface area contributed by atoms with Gasteiger partial charge in [-0.25, -0.2) is 4.79 Å². The molecule has 0 unspecified atom stereocenters. The number of benzene rings is 2. The molecule has 0 aliphatic rings. The Morgan fingerprint density at radius 1 is 1.10 bits per heavy atom. The SMILES string of the molecule is CC[C@@H](C)[C@H](NC(=O)c1cc(Cl)ccc1OCCNC(=O)OC(C)(C)C)C(=O)Nc1ccc([N+](=O)[O-])cc1Cl. The van der Waals surface area contributed by atoms with Crippen LogP contribution in [0.15, 0.2) is 36.4 Å². The van der Waals surface area contributed by atoms with Crippen LogP contribution in [0.4, 0.5) is 16.2 Å². The maximum Gasteiger partial charge on any atom is 0.407 e. The maximum absolute atomic E-state index is 13.3. The Morgan fingerprint density at radius 2 is 1.79 bits per heavy atom. The Hall–Kier alpha value is -3.57. The highest BCUT2D eigenvalue weighted by atomic mass is 35.5. The highest BCUT2D eigenvalue weighted by Gasteiger charge is 2.28. The van der Waals surface area contributed by atoms with Gasteiger partial charge in [-0.1, -0.05) is 43.5 Å². The fraction of sp³-hybridized carbons (Fsp3) is 0.423. The molecule has 212 valence electrons. The van der Waals surface area contributed by atoms with Crippen molar-refractivity contribution in [2.24, 2.45) is 5.92 Å². The molecule has 0 aliphatic carbocycles. The van der Waals surface area contributed by atoms with Crippen LogP contribution < -0.4 is 20.7 Å². The molecule has 2 rings (SSSR count). The molecule has 0 saturated heterocycles. The summed E-state index contributed by atoms with van der Waals surface area (Å²) in [4.78, 5) is 48.6. The van der Waals surface area contributed by atoms with Gasteiger partial charge in [-0.3, -0.25) is 19.7 Å². The summed E-state index contributed by atoms with van der Waals surface area (Å²) in [5.41, 5.74) is -0.609. The lowest BCUT2D eigenvalue weighted by Crippen LogP contribution is -2.47. The van der Waals surface area contributed by atoms with Crippen molar-refractivity contribution in [3.63, 3.8) is 0 Å². The van der Waals surface area contributed by atoms with E-state index in [1.807, 2.05) is 6.92 Å². The summed E-state index contributed by atoms with van der Waals surface area (Å²) in [5.74, 6) is -1.25. The fourth-order valence-corrected chi connectivity index (χ4v) is 3.68. The van der Waals surface area contributed by atoms with Crippen LogP contribution in [0.1, 0.15) is 51.4 Å². The molecule has 39 heavy (non-hydrogen) atoms. The first-order valence-electron chi connectivity index (χ1n) is 12.2. The summed E-state index contributed by atoms with van der Waals surface area (Å²) in [5, 5.41) is 19.1. The molecular weight excluding hydrogens is 551 g/mol. The smallest absolute Gasteiger partial charge is 0.407 e. The summed E-state index contributed by atoms with van der Waals surface area (Å²) in [6.07, 6.45) is -0.0441. The van der Waals surface area contributed by atoms with Crippen molar-refractivity contribution in [1.82, 2.24) is 10.6 Å². The summed E-state index contributed by atoms with van der Waals surface area (Å²) in [7, 11) is 0. The average Bonchev–Trinajstić information content (AvgIpc) is 2.85. The van der Waals surface area contributed by atoms with E-state index in [1.165, 1.54) is 24.3 Å². The maximum atomic E-state index is 13.3. The zero-order chi connectivity index (χ0) is 29.3. The minimum absolute atomic E-state index is 0.0164. The quantitative estimate of drug-likeness (QED) is 0.177. The van der Waals surface area contributed by atoms with E-state index in [-0.39, 0.29) is 51.8 Å². The van der Waals surface area contributed by atoms with E-state index in [1.54, 1.807) is 33.8 Å². The summed E-state index contributed by atoms with van der Waals surface area (Å²) in [6, 6.07) is 7.15. The predicted octanol–water partition coefficient (Wildman–Crippen LogP) is 5.59. The van der Waals surface area contributed by atoms with Crippen molar-refractivity contribution in [3.8, 4) is 5.75 Å². The highest BCUT2D eigenvalue weighted by molar-refractivity contribution is 6.34. The number of nitrogens with one attached hydrogen (secondary N) is 3. The number of non-ortho nitro benzene ring substituents is 1. The first-order chi connectivity index (χ1) is 18.2. The third kappa shape index (κ3) is 9.92. The van der Waals surface area contributed by atoms with E-state index in [0.717, 1.165) is 6.07 Å². The molecule has 0 bridgehead atoms. The lowest BCUT2D eigenvalue weighted by atomic mass is 9.97. The van der Waals surface area contributed by atoms with Crippen molar-refractivity contribution >= 4 is 52.5 Å². The number of halogens is 2. The van der Waals surface area contributed by atoms with Gasteiger partial charge < -0.3 is 25.4 Å². The highest BCUT2D eigenvalue weighted by Crippen LogP contribution is 2.28. The largest absolute Gasteiger partial charge is 0.491 e. The number of nitro benzene ring substituents is 1. The third-order valence-electron chi connectivity index (χ3n) is 5.42. The standard InChI is InChI=1S/C26H32Cl2N4O7/c1-6-15(2)22(24(34)30-20-9-8-17(32(36)37)14-19(20)28)31-23(33)18-13-16(27)7-10-21(18)38-12-11-29-25(35)39-26(3,4)5/h7-10,13-15,22H,6,11-12H2,1-5H3,(H,29,35)(H,30,34)(H,31,33)/t15-,22+/m1/s1. The van der Waals surface area contributed by atoms with E-state index in [9.17, 15) is 24.5 Å². The molecule has 0 radical (unpaired) electrons. The molecule has 2 atom stereocenters. The molecule has 3 amide bonds. The zero-order valence-electron chi connectivity index (χ0n) is 22.3. The Kier molecular flexibility index (Phi) is 11.4. The molecular formula is C26H32Cl2N4O7. The van der Waals surface area contributed by atoms with Gasteiger partial charge in [-0.2, -0.15) is 0 Å². The third-order valence-corrected chi connectivity index (χ3v) is 5.97. The van der Waals surface area contributed by atoms with E-state index in [0.29, 0.717) is 6.42 Å². The lowest BCUT2D eigenvalue weighted by Gasteiger charge is -2.24. The molecule has 3 N–H and O–H groups in total. The van der Waals surface area contributed by atoms with Crippen LogP contribution in [-0.2, 0) is 9.53 Å². The van der Waals surface area contributed by atoms with Crippen LogP contribution in [0.2, 0.25) is 10.0 Å². The number of carbonyl (C=O) groups is 3. The van der Waals surface area contributed by atoms with Gasteiger partial charge in [0, 0.05) is 17.2 Å². The van der Waals surface area contributed by atoms with Crippen LogP contribution in [0.5, 0.6) is 5.75 Å². The second kappa shape index (κ2) is 14.0. The molecule has 11 nitrogen and oxygen atoms in total. The molecule has 0 spiro atoms. The molecule has 13 heteroatoms. The molecule has 0 heterocycles. The molecule has 2 aromatic rings. The number of nitro groups is 1. The van der Waals surface area contributed by atoms with Gasteiger partial charge in [0.25, 0.3) is 11.6 Å². The Balaban J connectivity index is 2.14. The molecule has 2 aromatic carbocycles. The molecule has 0 saturated carbocycles. The second-order valence-corrected chi connectivity index (χ2v) is 10.5. The van der Waals surface area contributed by atoms with E-state index < -0.39 is 34.5 Å². The fourth-order valence-electron chi connectivity index (χ4n) is 3.28. The van der Waals surface area contributed by atoms with Crippen LogP contribution >= 0.6 is 23.2 Å². The van der Waals surface area contributed by atoms with Crippen LogP contribution in [-0.4, -0.2) is 47.6 Å². The number of hydrogen-bond acceptors (Lipinski definition) is 7. The van der Waals surface area contributed by atoms with Gasteiger partial charge in [0.05, 0.1) is 27.7 Å². The van der Waals surface area contributed by atoms with Gasteiger partial charge >= 0.3 is 6.09 Å². The van der Waals surface area contributed by atoms with Crippen LogP contribution in [0.3, 0.4) is 0 Å². The van der Waals surface area contributed by atoms with Crippen molar-refractivity contribution in [2.75, 3.05) is 18.5 Å². The van der Waals surface area contributed by atoms with Gasteiger partial charge in [-0.05, 0) is 51.0 Å². The Bertz CT molecular complexity index is 1220. The number of alkyl carbamates (subject to hydrolysis) is 1. The topological polar surface area (TPSA) is 149 Å². The normalized spacial score (nSPS) is 12.6. The number of amides is 3. The molecule has 0 aromatic heterocycles. The number of rotatable bonds is 11. The second-order valence-electron chi connectivity index (χ2n) is 9.66. The predicted molar refractivity (Wildman–Crippen MR) is 149 cm³/mol. The Morgan fingerprint density at radius 3 is 2.38 bits per heavy atom. The summed E-state index contributed by atoms with van der Waals surface area (Å²) >= 11 is 12.2. The number of anilines is 1. The zero-order valence-corrected chi connectivity index (χ0v) is 23.8.